The number of ketones is 2. The molecule has 2 unspecified atom stereocenters. The van der Waals surface area contributed by atoms with Gasteiger partial charge in [0.05, 0.1) is 0 Å². The second kappa shape index (κ2) is 7.13. The highest BCUT2D eigenvalue weighted by molar-refractivity contribution is 6.45. The quantitative estimate of drug-likeness (QED) is 0.496. The monoisotopic (exact) mass is 320 g/mol. The zero-order chi connectivity index (χ0) is 17.0. The van der Waals surface area contributed by atoms with Crippen molar-refractivity contribution in [3.63, 3.8) is 0 Å². The topological polar surface area (TPSA) is 88.8 Å². The molecule has 0 spiro atoms. The predicted octanol–water partition coefficient (Wildman–Crippen LogP) is 2.74. The van der Waals surface area contributed by atoms with Crippen LogP contribution in [0.25, 0.3) is 0 Å². The normalized spacial score (nSPS) is 17.7. The summed E-state index contributed by atoms with van der Waals surface area (Å²) in [6.45, 7) is 3.36. The Balaban J connectivity index is 2.26. The van der Waals surface area contributed by atoms with Crippen LogP contribution in [0.5, 0.6) is 11.5 Å². The molecule has 6 nitrogen and oxygen atoms in total. The van der Waals surface area contributed by atoms with Gasteiger partial charge in [0, 0.05) is 12.6 Å². The predicted molar refractivity (Wildman–Crippen MR) is 82.5 cm³/mol. The Bertz CT molecular complexity index is 672. The molecule has 0 aliphatic carbocycles. The van der Waals surface area contributed by atoms with E-state index in [9.17, 15) is 14.0 Å². The lowest BCUT2D eigenvalue weighted by Crippen LogP contribution is -2.35. The molecule has 0 bridgehead atoms. The largest absolute Gasteiger partial charge is 0.473 e. The Morgan fingerprint density at radius 1 is 1.57 bits per heavy atom. The lowest BCUT2D eigenvalue weighted by Gasteiger charge is -2.12. The summed E-state index contributed by atoms with van der Waals surface area (Å²) in [6.07, 6.45) is -0.961. The molecule has 1 heterocycles. The summed E-state index contributed by atoms with van der Waals surface area (Å²) in [7, 11) is 0. The summed E-state index contributed by atoms with van der Waals surface area (Å²) >= 11 is 0. The first kappa shape index (κ1) is 16.8. The minimum absolute atomic E-state index is 0.0258. The van der Waals surface area contributed by atoms with Crippen molar-refractivity contribution in [3.05, 3.63) is 23.8 Å². The highest BCUT2D eigenvalue weighted by Crippen LogP contribution is 2.37. The third-order valence-corrected chi connectivity index (χ3v) is 3.22. The first-order valence-corrected chi connectivity index (χ1v) is 7.25. The molecule has 2 atom stereocenters. The van der Waals surface area contributed by atoms with Crippen molar-refractivity contribution < 1.29 is 23.5 Å². The fourth-order valence-electron chi connectivity index (χ4n) is 2.17. The van der Waals surface area contributed by atoms with Gasteiger partial charge in [0.25, 0.3) is 0 Å². The summed E-state index contributed by atoms with van der Waals surface area (Å²) in [4.78, 5) is 28.0. The number of aliphatic imine (C=N–C) groups is 1. The Morgan fingerprint density at radius 3 is 2.96 bits per heavy atom. The number of halogens is 1. The van der Waals surface area contributed by atoms with Gasteiger partial charge in [-0.2, -0.15) is 0 Å². The Kier molecular flexibility index (Phi) is 5.20. The number of hydrogen-bond acceptors (Lipinski definition) is 5. The van der Waals surface area contributed by atoms with Crippen LogP contribution in [0.2, 0.25) is 0 Å². The average molecular weight is 320 g/mol. The third-order valence-electron chi connectivity index (χ3n) is 3.22. The number of alkyl halides is 1. The third kappa shape index (κ3) is 3.44. The molecule has 0 aromatic heterocycles. The molecule has 122 valence electrons. The number of Topliss-reactive ketones (excluding diaryl/α,β-unsaturated/α-hetero) is 2. The second-order valence-electron chi connectivity index (χ2n) is 4.91. The van der Waals surface area contributed by atoms with Crippen LogP contribution in [0, 0.1) is 5.41 Å². The first-order chi connectivity index (χ1) is 11.0. The van der Waals surface area contributed by atoms with E-state index in [1.54, 1.807) is 13.0 Å². The zero-order valence-corrected chi connectivity index (χ0v) is 12.8. The fourth-order valence-corrected chi connectivity index (χ4v) is 2.17. The van der Waals surface area contributed by atoms with Gasteiger partial charge in [0.2, 0.25) is 24.0 Å². The molecule has 7 heteroatoms. The number of carbonyl (C=O) groups excluding carboxylic acids is 2. The lowest BCUT2D eigenvalue weighted by atomic mass is 10.0. The van der Waals surface area contributed by atoms with Crippen molar-refractivity contribution in [2.24, 2.45) is 4.99 Å². The van der Waals surface area contributed by atoms with Crippen molar-refractivity contribution in [1.29, 1.82) is 5.41 Å². The average Bonchev–Trinajstić information content (AvgIpc) is 2.85. The molecule has 1 aliphatic heterocycles. The molecule has 0 saturated carbocycles. The van der Waals surface area contributed by atoms with E-state index in [1.807, 2.05) is 6.92 Å². The maximum absolute atomic E-state index is 13.7. The van der Waals surface area contributed by atoms with Crippen LogP contribution >= 0.6 is 0 Å². The zero-order valence-electron chi connectivity index (χ0n) is 12.8. The van der Waals surface area contributed by atoms with E-state index in [2.05, 4.69) is 4.99 Å². The van der Waals surface area contributed by atoms with Gasteiger partial charge >= 0.3 is 0 Å². The summed E-state index contributed by atoms with van der Waals surface area (Å²) in [6, 6.07) is 4.49. The Hall–Kier alpha value is -2.57. The van der Waals surface area contributed by atoms with Crippen LogP contribution in [-0.2, 0) is 4.79 Å². The maximum Gasteiger partial charge on any atom is 0.247 e. The molecule has 2 rings (SSSR count). The van der Waals surface area contributed by atoms with E-state index >= 15 is 0 Å². The van der Waals surface area contributed by atoms with E-state index in [4.69, 9.17) is 14.9 Å². The van der Waals surface area contributed by atoms with Gasteiger partial charge in [0.15, 0.2) is 5.84 Å². The van der Waals surface area contributed by atoms with Crippen molar-refractivity contribution in [2.75, 3.05) is 0 Å². The summed E-state index contributed by atoms with van der Waals surface area (Å²) in [5.41, 5.74) is 0.0258. The van der Waals surface area contributed by atoms with E-state index in [0.29, 0.717) is 6.42 Å². The second-order valence-corrected chi connectivity index (χ2v) is 4.91. The van der Waals surface area contributed by atoms with Crippen molar-refractivity contribution in [3.8, 4) is 11.5 Å². The number of amidine groups is 1. The number of carbonyl (C=O) groups is 2. The minimum Gasteiger partial charge on any atom is -0.473 e. The van der Waals surface area contributed by atoms with Crippen molar-refractivity contribution in [2.45, 2.75) is 39.2 Å². The van der Waals surface area contributed by atoms with Gasteiger partial charge in [-0.05, 0) is 25.5 Å². The molecule has 0 amide bonds. The standard InChI is InChI=1S/C16H17FN2O4/c1-3-6-11(17)22-9-7-5-8-10-12(9)13(20)15(23-10)14(21)16(18)19-4-2/h4-5,7-8,11,15,18H,3,6H2,1-2H3. The lowest BCUT2D eigenvalue weighted by molar-refractivity contribution is -0.117. The molecule has 1 N–H and O–H groups in total. The molecule has 0 saturated heterocycles. The first-order valence-electron chi connectivity index (χ1n) is 7.25. The van der Waals surface area contributed by atoms with Crippen LogP contribution in [-0.4, -0.2) is 36.1 Å². The molecule has 1 aliphatic rings. The van der Waals surface area contributed by atoms with Crippen LogP contribution < -0.4 is 9.47 Å². The highest BCUT2D eigenvalue weighted by Gasteiger charge is 2.41. The number of nitrogens with one attached hydrogen (secondary N) is 1. The van der Waals surface area contributed by atoms with E-state index < -0.39 is 29.9 Å². The fraction of sp³-hybridized carbons (Fsp3) is 0.375. The highest BCUT2D eigenvalue weighted by atomic mass is 19.1. The maximum atomic E-state index is 13.7. The molecular weight excluding hydrogens is 303 g/mol. The number of nitrogens with zero attached hydrogens (tertiary/aromatic N) is 1. The van der Waals surface area contributed by atoms with Crippen LogP contribution in [0.4, 0.5) is 4.39 Å². The van der Waals surface area contributed by atoms with Crippen LogP contribution in [0.15, 0.2) is 23.2 Å². The van der Waals surface area contributed by atoms with Gasteiger partial charge in [-0.3, -0.25) is 15.0 Å². The van der Waals surface area contributed by atoms with Crippen LogP contribution in [0.1, 0.15) is 37.0 Å². The summed E-state index contributed by atoms with van der Waals surface area (Å²) < 4.78 is 24.1. The Labute approximate surface area is 132 Å². The van der Waals surface area contributed by atoms with Gasteiger partial charge < -0.3 is 9.47 Å². The molecule has 0 fully saturated rings. The van der Waals surface area contributed by atoms with E-state index in [0.717, 1.165) is 0 Å². The minimum atomic E-state index is -1.54. The summed E-state index contributed by atoms with van der Waals surface area (Å²) in [5, 5.41) is 7.51. The molecular formula is C16H17FN2O4. The Morgan fingerprint density at radius 2 is 2.30 bits per heavy atom. The number of fused-ring (bicyclic) bond motifs is 1. The van der Waals surface area contributed by atoms with Crippen molar-refractivity contribution >= 4 is 23.6 Å². The van der Waals surface area contributed by atoms with E-state index in [-0.39, 0.29) is 23.5 Å². The molecule has 0 radical (unpaired) electrons. The number of benzene rings is 1. The van der Waals surface area contributed by atoms with Crippen molar-refractivity contribution in [1.82, 2.24) is 0 Å². The smallest absolute Gasteiger partial charge is 0.247 e. The molecule has 1 aromatic carbocycles. The van der Waals surface area contributed by atoms with Gasteiger partial charge in [-0.15, -0.1) is 0 Å². The van der Waals surface area contributed by atoms with Gasteiger partial charge in [-0.1, -0.05) is 13.0 Å². The number of rotatable bonds is 6. The SMILES string of the molecule is CC=NC(=N)C(=O)C1Oc2cccc(OC(F)CCC)c2C1=O. The van der Waals surface area contributed by atoms with Gasteiger partial charge in [-0.25, -0.2) is 9.38 Å². The van der Waals surface area contributed by atoms with Crippen LogP contribution in [0.3, 0.4) is 0 Å². The number of ether oxygens (including phenoxy) is 2. The summed E-state index contributed by atoms with van der Waals surface area (Å²) in [5.74, 6) is -1.89. The number of hydrogen-bond donors (Lipinski definition) is 1. The molecule has 23 heavy (non-hydrogen) atoms. The van der Waals surface area contributed by atoms with E-state index in [1.165, 1.54) is 18.3 Å². The van der Waals surface area contributed by atoms with Gasteiger partial charge in [0.1, 0.15) is 17.1 Å². The molecule has 1 aromatic rings.